The summed E-state index contributed by atoms with van der Waals surface area (Å²) in [5.74, 6) is -2.32. The van der Waals surface area contributed by atoms with Crippen molar-refractivity contribution in [3.8, 4) is 0 Å². The van der Waals surface area contributed by atoms with E-state index in [9.17, 15) is 14.0 Å². The van der Waals surface area contributed by atoms with Gasteiger partial charge in [0.15, 0.2) is 0 Å². The van der Waals surface area contributed by atoms with Gasteiger partial charge in [0.25, 0.3) is 0 Å². The van der Waals surface area contributed by atoms with E-state index in [-0.39, 0.29) is 25.0 Å². The molecule has 5 nitrogen and oxygen atoms in total. The molecule has 0 saturated carbocycles. The van der Waals surface area contributed by atoms with Crippen molar-refractivity contribution in [3.05, 3.63) is 35.6 Å². The molecular weight excluding hydrogens is 301 g/mol. The number of halogens is 1. The van der Waals surface area contributed by atoms with Crippen molar-refractivity contribution in [1.29, 1.82) is 0 Å². The second-order valence-corrected chi connectivity index (χ2v) is 5.81. The fourth-order valence-corrected chi connectivity index (χ4v) is 2.79. The number of hydrogen-bond donors (Lipinski definition) is 1. The van der Waals surface area contributed by atoms with Crippen molar-refractivity contribution < 1.29 is 23.8 Å². The maximum atomic E-state index is 13.9. The summed E-state index contributed by atoms with van der Waals surface area (Å²) < 4.78 is 19.4. The van der Waals surface area contributed by atoms with Crippen LogP contribution in [0.3, 0.4) is 0 Å². The zero-order valence-electron chi connectivity index (χ0n) is 13.2. The van der Waals surface area contributed by atoms with Crippen molar-refractivity contribution >= 4 is 11.9 Å². The van der Waals surface area contributed by atoms with Crippen LogP contribution in [0.15, 0.2) is 24.3 Å². The highest BCUT2D eigenvalue weighted by Crippen LogP contribution is 2.22. The summed E-state index contributed by atoms with van der Waals surface area (Å²) in [6, 6.07) is 6.16. The Hall–Kier alpha value is -1.95. The minimum absolute atomic E-state index is 0.0689. The summed E-state index contributed by atoms with van der Waals surface area (Å²) in [5, 5.41) is 8.88. The van der Waals surface area contributed by atoms with E-state index in [0.717, 1.165) is 12.8 Å². The fraction of sp³-hybridized carbons (Fsp3) is 0.529. The smallest absolute Gasteiger partial charge is 0.305 e. The Morgan fingerprint density at radius 2 is 2.17 bits per heavy atom. The molecule has 6 heteroatoms. The molecule has 126 valence electrons. The topological polar surface area (TPSA) is 66.8 Å². The maximum Gasteiger partial charge on any atom is 0.305 e. The molecule has 0 spiro atoms. The van der Waals surface area contributed by atoms with Crippen molar-refractivity contribution in [2.24, 2.45) is 0 Å². The van der Waals surface area contributed by atoms with Gasteiger partial charge in [-0.25, -0.2) is 4.39 Å². The molecule has 1 heterocycles. The van der Waals surface area contributed by atoms with Gasteiger partial charge in [-0.3, -0.25) is 9.59 Å². The van der Waals surface area contributed by atoms with E-state index in [2.05, 4.69) is 0 Å². The number of rotatable bonds is 7. The molecule has 1 aromatic rings. The van der Waals surface area contributed by atoms with Crippen LogP contribution in [0.5, 0.6) is 0 Å². The van der Waals surface area contributed by atoms with E-state index >= 15 is 0 Å². The number of aliphatic carboxylic acids is 1. The highest BCUT2D eigenvalue weighted by atomic mass is 19.1. The predicted molar refractivity (Wildman–Crippen MR) is 82.6 cm³/mol. The molecule has 1 fully saturated rings. The number of carboxylic acids is 1. The molecule has 1 aliphatic heterocycles. The number of carbonyl (C=O) groups excluding carboxylic acids is 1. The minimum atomic E-state index is -0.964. The van der Waals surface area contributed by atoms with Gasteiger partial charge in [0.05, 0.1) is 18.4 Å². The molecule has 0 bridgehead atoms. The normalized spacial score (nSPS) is 18.6. The number of ether oxygens (including phenoxy) is 1. The maximum absolute atomic E-state index is 13.9. The lowest BCUT2D eigenvalue weighted by atomic mass is 9.98. The molecule has 0 radical (unpaired) electrons. The molecule has 1 aromatic carbocycles. The van der Waals surface area contributed by atoms with Crippen LogP contribution in [0.2, 0.25) is 0 Å². The van der Waals surface area contributed by atoms with Crippen molar-refractivity contribution in [2.45, 2.75) is 38.2 Å². The first kappa shape index (κ1) is 17.4. The van der Waals surface area contributed by atoms with Crippen molar-refractivity contribution in [2.75, 3.05) is 19.7 Å². The Balaban J connectivity index is 2.10. The third-order valence-corrected chi connectivity index (χ3v) is 4.10. The minimum Gasteiger partial charge on any atom is -0.481 e. The van der Waals surface area contributed by atoms with E-state index in [0.29, 0.717) is 18.7 Å². The summed E-state index contributed by atoms with van der Waals surface area (Å²) in [4.78, 5) is 25.0. The van der Waals surface area contributed by atoms with Crippen LogP contribution < -0.4 is 0 Å². The quantitative estimate of drug-likeness (QED) is 0.837. The van der Waals surface area contributed by atoms with E-state index < -0.39 is 17.7 Å². The van der Waals surface area contributed by atoms with Gasteiger partial charge in [-0.15, -0.1) is 0 Å². The first-order chi connectivity index (χ1) is 11.0. The van der Waals surface area contributed by atoms with Gasteiger partial charge in [-0.2, -0.15) is 0 Å². The molecule has 1 aliphatic rings. The lowest BCUT2D eigenvalue weighted by Gasteiger charge is -2.28. The van der Waals surface area contributed by atoms with Gasteiger partial charge in [-0.05, 0) is 31.4 Å². The lowest BCUT2D eigenvalue weighted by molar-refractivity contribution is -0.139. The first-order valence-electron chi connectivity index (χ1n) is 7.85. The Labute approximate surface area is 135 Å². The largest absolute Gasteiger partial charge is 0.481 e. The van der Waals surface area contributed by atoms with E-state index in [1.54, 1.807) is 25.1 Å². The Morgan fingerprint density at radius 3 is 2.78 bits per heavy atom. The summed E-state index contributed by atoms with van der Waals surface area (Å²) >= 11 is 0. The number of benzene rings is 1. The second-order valence-electron chi connectivity index (χ2n) is 5.81. The van der Waals surface area contributed by atoms with E-state index in [4.69, 9.17) is 9.84 Å². The van der Waals surface area contributed by atoms with Crippen LogP contribution in [0.25, 0.3) is 0 Å². The Kier molecular flexibility index (Phi) is 6.10. The van der Waals surface area contributed by atoms with Crippen molar-refractivity contribution in [1.82, 2.24) is 4.90 Å². The summed E-state index contributed by atoms with van der Waals surface area (Å²) in [5.41, 5.74) is 0.324. The third kappa shape index (κ3) is 4.76. The highest BCUT2D eigenvalue weighted by molar-refractivity contribution is 5.83. The Morgan fingerprint density at radius 1 is 1.43 bits per heavy atom. The zero-order chi connectivity index (χ0) is 16.8. The zero-order valence-corrected chi connectivity index (χ0v) is 13.2. The number of hydrogen-bond acceptors (Lipinski definition) is 3. The highest BCUT2D eigenvalue weighted by Gasteiger charge is 2.28. The van der Waals surface area contributed by atoms with Crippen LogP contribution >= 0.6 is 0 Å². The average molecular weight is 323 g/mol. The van der Waals surface area contributed by atoms with Crippen LogP contribution in [0.1, 0.15) is 37.7 Å². The summed E-state index contributed by atoms with van der Waals surface area (Å²) in [6.07, 6.45) is 1.59. The predicted octanol–water partition coefficient (Wildman–Crippen LogP) is 2.41. The molecule has 2 atom stereocenters. The Bertz CT molecular complexity index is 557. The fourth-order valence-electron chi connectivity index (χ4n) is 2.79. The summed E-state index contributed by atoms with van der Waals surface area (Å²) in [7, 11) is 0. The number of nitrogens with zero attached hydrogens (tertiary/aromatic N) is 1. The third-order valence-electron chi connectivity index (χ3n) is 4.10. The number of carboxylic acid groups (broad SMARTS) is 1. The first-order valence-corrected chi connectivity index (χ1v) is 7.85. The molecule has 0 aliphatic carbocycles. The molecule has 0 aromatic heterocycles. The second kappa shape index (κ2) is 8.06. The molecular formula is C17H22FNO4. The van der Waals surface area contributed by atoms with Gasteiger partial charge in [-0.1, -0.05) is 18.2 Å². The van der Waals surface area contributed by atoms with Crippen LogP contribution in [0.4, 0.5) is 4.39 Å². The lowest BCUT2D eigenvalue weighted by Crippen LogP contribution is -2.41. The van der Waals surface area contributed by atoms with Crippen LogP contribution in [-0.2, 0) is 14.3 Å². The number of carbonyl (C=O) groups is 2. The van der Waals surface area contributed by atoms with Crippen LogP contribution in [-0.4, -0.2) is 47.7 Å². The summed E-state index contributed by atoms with van der Waals surface area (Å²) in [6.45, 7) is 2.76. The molecule has 1 saturated heterocycles. The van der Waals surface area contributed by atoms with Gasteiger partial charge in [0, 0.05) is 19.7 Å². The van der Waals surface area contributed by atoms with Crippen LogP contribution in [0, 0.1) is 5.82 Å². The van der Waals surface area contributed by atoms with Gasteiger partial charge < -0.3 is 14.7 Å². The van der Waals surface area contributed by atoms with Gasteiger partial charge in [0.1, 0.15) is 5.82 Å². The molecule has 0 unspecified atom stereocenters. The van der Waals surface area contributed by atoms with E-state index in [1.165, 1.54) is 11.0 Å². The molecule has 23 heavy (non-hydrogen) atoms. The van der Waals surface area contributed by atoms with E-state index in [1.807, 2.05) is 0 Å². The monoisotopic (exact) mass is 323 g/mol. The van der Waals surface area contributed by atoms with Crippen molar-refractivity contribution in [3.63, 3.8) is 0 Å². The SMILES string of the molecule is C[C@H](C(=O)N(CCC(=O)O)C[C@H]1CCCO1)c1ccccc1F. The molecule has 2 rings (SSSR count). The molecule has 1 N–H and O–H groups in total. The standard InChI is InChI=1S/C17H22FNO4/c1-12(14-6-2-3-7-15(14)18)17(22)19(9-8-16(20)21)11-13-5-4-10-23-13/h2-3,6-7,12-13H,4-5,8-11H2,1H3,(H,20,21)/t12-,13+/m0/s1. The molecule has 1 amide bonds. The van der Waals surface area contributed by atoms with Gasteiger partial charge in [0.2, 0.25) is 5.91 Å². The number of amides is 1. The average Bonchev–Trinajstić information content (AvgIpc) is 3.03. The van der Waals surface area contributed by atoms with Gasteiger partial charge >= 0.3 is 5.97 Å².